The van der Waals surface area contributed by atoms with Crippen molar-refractivity contribution < 1.29 is 28.9 Å². The van der Waals surface area contributed by atoms with Crippen LogP contribution in [0, 0.1) is 5.92 Å². The standard InChI is InChI=1S/C39H48N2O6/c1-5-20-41(35-14-6-7-15-35)24-36-26(2)37(31-18-16-29(25-42)17-19-31)47-39(46-36)34-13-9-12-33(22-34)32-11-8-10-30(21-32)23-40-38(44)27(3)45-28(4)43/h5,8-13,16-19,21-22,26-27,35-37,39,42H,1,6-7,14-15,20,23-25H2,2-4H3,(H,40,44)/t26-,27+,36+,37+,39+/m1/s1. The molecular weight excluding hydrogens is 592 g/mol. The number of aliphatic hydroxyl groups excluding tert-OH is 1. The third kappa shape index (κ3) is 8.96. The molecule has 1 aliphatic carbocycles. The van der Waals surface area contributed by atoms with Crippen LogP contribution >= 0.6 is 0 Å². The second kappa shape index (κ2) is 16.3. The van der Waals surface area contributed by atoms with Crippen LogP contribution in [0.5, 0.6) is 0 Å². The lowest BCUT2D eigenvalue weighted by Gasteiger charge is -2.43. The number of benzene rings is 3. The van der Waals surface area contributed by atoms with Gasteiger partial charge in [-0.1, -0.05) is 86.5 Å². The molecule has 1 saturated heterocycles. The zero-order valence-electron chi connectivity index (χ0n) is 27.8. The molecule has 1 amide bonds. The van der Waals surface area contributed by atoms with Crippen LogP contribution in [0.25, 0.3) is 11.1 Å². The van der Waals surface area contributed by atoms with Crippen LogP contribution in [0.3, 0.4) is 0 Å². The van der Waals surface area contributed by atoms with E-state index >= 15 is 0 Å². The van der Waals surface area contributed by atoms with Gasteiger partial charge in [0.2, 0.25) is 0 Å². The number of carbonyl (C=O) groups is 2. The predicted octanol–water partition coefficient (Wildman–Crippen LogP) is 6.64. The second-order valence-corrected chi connectivity index (χ2v) is 12.8. The van der Waals surface area contributed by atoms with Crippen LogP contribution in [0.15, 0.2) is 85.5 Å². The quantitative estimate of drug-likeness (QED) is 0.160. The van der Waals surface area contributed by atoms with Crippen LogP contribution in [-0.4, -0.2) is 53.2 Å². The highest BCUT2D eigenvalue weighted by atomic mass is 16.7. The lowest BCUT2D eigenvalue weighted by Crippen LogP contribution is -2.47. The number of aliphatic hydroxyl groups is 1. The van der Waals surface area contributed by atoms with Crippen molar-refractivity contribution in [1.82, 2.24) is 10.2 Å². The SMILES string of the molecule is C=CCN(C[C@@H]1O[C@H](c2cccc(-c3cccc(CNC(=O)[C@H](C)OC(C)=O)c3)c2)O[C@H](c2ccc(CO)cc2)[C@@H]1C)C1CCCC1. The highest BCUT2D eigenvalue weighted by Gasteiger charge is 2.40. The molecule has 2 N–H and O–H groups in total. The Balaban J connectivity index is 1.38. The monoisotopic (exact) mass is 640 g/mol. The average molecular weight is 641 g/mol. The first kappa shape index (κ1) is 34.5. The zero-order valence-corrected chi connectivity index (χ0v) is 27.8. The number of esters is 1. The molecule has 5 atom stereocenters. The van der Waals surface area contributed by atoms with E-state index in [2.05, 4.69) is 48.0 Å². The zero-order chi connectivity index (χ0) is 33.3. The number of ether oxygens (including phenoxy) is 3. The summed E-state index contributed by atoms with van der Waals surface area (Å²) < 4.78 is 18.6. The molecule has 0 radical (unpaired) electrons. The Bertz CT molecular complexity index is 1500. The molecule has 5 rings (SSSR count). The molecule has 3 aromatic rings. The van der Waals surface area contributed by atoms with E-state index in [0.717, 1.165) is 46.5 Å². The Hall–Kier alpha value is -3.82. The van der Waals surface area contributed by atoms with Gasteiger partial charge in [-0.3, -0.25) is 14.5 Å². The van der Waals surface area contributed by atoms with E-state index in [4.69, 9.17) is 14.2 Å². The van der Waals surface area contributed by atoms with Crippen LogP contribution in [-0.2, 0) is 37.0 Å². The molecule has 8 nitrogen and oxygen atoms in total. The van der Waals surface area contributed by atoms with E-state index in [9.17, 15) is 14.7 Å². The lowest BCUT2D eigenvalue weighted by atomic mass is 9.89. The number of hydrogen-bond acceptors (Lipinski definition) is 7. The minimum absolute atomic E-state index is 0.00138. The van der Waals surface area contributed by atoms with Gasteiger partial charge in [0, 0.05) is 44.1 Å². The van der Waals surface area contributed by atoms with Gasteiger partial charge in [0.15, 0.2) is 12.4 Å². The minimum Gasteiger partial charge on any atom is -0.453 e. The second-order valence-electron chi connectivity index (χ2n) is 12.8. The van der Waals surface area contributed by atoms with E-state index in [-0.39, 0.29) is 30.6 Å². The largest absolute Gasteiger partial charge is 0.453 e. The predicted molar refractivity (Wildman–Crippen MR) is 182 cm³/mol. The van der Waals surface area contributed by atoms with Gasteiger partial charge in [-0.05, 0) is 59.7 Å². The summed E-state index contributed by atoms with van der Waals surface area (Å²) in [4.78, 5) is 26.1. The van der Waals surface area contributed by atoms with Gasteiger partial charge in [-0.15, -0.1) is 6.58 Å². The number of rotatable bonds is 13. The van der Waals surface area contributed by atoms with E-state index in [1.54, 1.807) is 6.92 Å². The number of hydrogen-bond donors (Lipinski definition) is 2. The third-order valence-electron chi connectivity index (χ3n) is 9.34. The number of carbonyl (C=O) groups excluding carboxylic acids is 2. The van der Waals surface area contributed by atoms with Crippen molar-refractivity contribution in [2.45, 2.75) is 90.2 Å². The highest BCUT2D eigenvalue weighted by Crippen LogP contribution is 2.43. The van der Waals surface area contributed by atoms with Gasteiger partial charge in [-0.25, -0.2) is 0 Å². The van der Waals surface area contributed by atoms with Crippen LogP contribution in [0.4, 0.5) is 0 Å². The van der Waals surface area contributed by atoms with E-state index < -0.39 is 18.4 Å². The molecule has 0 aromatic heterocycles. The molecule has 1 saturated carbocycles. The molecule has 0 bridgehead atoms. The summed E-state index contributed by atoms with van der Waals surface area (Å²) in [5, 5.41) is 12.5. The molecule has 250 valence electrons. The Kier molecular flexibility index (Phi) is 12.0. The Labute approximate surface area is 278 Å². The van der Waals surface area contributed by atoms with Gasteiger partial charge < -0.3 is 24.6 Å². The molecule has 1 aliphatic heterocycles. The average Bonchev–Trinajstić information content (AvgIpc) is 3.63. The maximum Gasteiger partial charge on any atom is 0.303 e. The maximum absolute atomic E-state index is 12.4. The third-order valence-corrected chi connectivity index (χ3v) is 9.34. The van der Waals surface area contributed by atoms with Crippen molar-refractivity contribution in [3.63, 3.8) is 0 Å². The molecule has 47 heavy (non-hydrogen) atoms. The fourth-order valence-electron chi connectivity index (χ4n) is 6.73. The van der Waals surface area contributed by atoms with Crippen molar-refractivity contribution in [2.24, 2.45) is 5.92 Å². The van der Waals surface area contributed by atoms with Crippen LogP contribution in [0.1, 0.15) is 81.1 Å². The minimum atomic E-state index is -0.854. The van der Waals surface area contributed by atoms with Crippen molar-refractivity contribution in [1.29, 1.82) is 0 Å². The fraction of sp³-hybridized carbons (Fsp3) is 0.436. The summed E-state index contributed by atoms with van der Waals surface area (Å²) in [5.41, 5.74) is 5.81. The van der Waals surface area contributed by atoms with Crippen LogP contribution < -0.4 is 5.32 Å². The summed E-state index contributed by atoms with van der Waals surface area (Å²) in [6.45, 7) is 11.0. The molecule has 0 spiro atoms. The lowest BCUT2D eigenvalue weighted by molar-refractivity contribution is -0.276. The fourth-order valence-corrected chi connectivity index (χ4v) is 6.73. The molecule has 2 aliphatic rings. The molecular formula is C39H48N2O6. The van der Waals surface area contributed by atoms with Gasteiger partial charge in [0.1, 0.15) is 0 Å². The number of nitrogens with zero attached hydrogens (tertiary/aromatic N) is 1. The maximum atomic E-state index is 12.4. The Morgan fingerprint density at radius 3 is 2.38 bits per heavy atom. The summed E-state index contributed by atoms with van der Waals surface area (Å²) in [7, 11) is 0. The first-order valence-corrected chi connectivity index (χ1v) is 16.8. The molecule has 1 heterocycles. The van der Waals surface area contributed by atoms with E-state index in [0.29, 0.717) is 12.6 Å². The van der Waals surface area contributed by atoms with E-state index in [1.807, 2.05) is 54.6 Å². The van der Waals surface area contributed by atoms with Gasteiger partial charge in [-0.2, -0.15) is 0 Å². The number of nitrogens with one attached hydrogen (secondary N) is 1. The van der Waals surface area contributed by atoms with Crippen molar-refractivity contribution in [3.8, 4) is 11.1 Å². The topological polar surface area (TPSA) is 97.3 Å². The molecule has 2 fully saturated rings. The van der Waals surface area contributed by atoms with Gasteiger partial charge >= 0.3 is 5.97 Å². The first-order chi connectivity index (χ1) is 22.7. The molecule has 8 heteroatoms. The summed E-state index contributed by atoms with van der Waals surface area (Å²) in [5.74, 6) is -0.739. The smallest absolute Gasteiger partial charge is 0.303 e. The normalized spacial score (nSPS) is 22.1. The van der Waals surface area contributed by atoms with Crippen molar-refractivity contribution >= 4 is 11.9 Å². The summed E-state index contributed by atoms with van der Waals surface area (Å²) >= 11 is 0. The number of amides is 1. The molecule has 3 aromatic carbocycles. The summed E-state index contributed by atoms with van der Waals surface area (Å²) in [6, 6.07) is 24.8. The van der Waals surface area contributed by atoms with Crippen molar-refractivity contribution in [2.75, 3.05) is 13.1 Å². The van der Waals surface area contributed by atoms with E-state index in [1.165, 1.54) is 32.6 Å². The first-order valence-electron chi connectivity index (χ1n) is 16.8. The molecule has 0 unspecified atom stereocenters. The summed E-state index contributed by atoms with van der Waals surface area (Å²) in [6.07, 6.45) is 5.25. The Morgan fingerprint density at radius 1 is 1.00 bits per heavy atom. The van der Waals surface area contributed by atoms with Crippen molar-refractivity contribution in [3.05, 3.63) is 108 Å². The Morgan fingerprint density at radius 2 is 1.70 bits per heavy atom. The van der Waals surface area contributed by atoms with Gasteiger partial charge in [0.05, 0.1) is 18.8 Å². The van der Waals surface area contributed by atoms with Crippen LogP contribution in [0.2, 0.25) is 0 Å². The van der Waals surface area contributed by atoms with Gasteiger partial charge in [0.25, 0.3) is 5.91 Å². The highest BCUT2D eigenvalue weighted by molar-refractivity contribution is 5.82.